The van der Waals surface area contributed by atoms with Crippen LogP contribution in [0.2, 0.25) is 10.0 Å². The van der Waals surface area contributed by atoms with E-state index >= 15 is 0 Å². The highest BCUT2D eigenvalue weighted by Crippen LogP contribution is 2.46. The van der Waals surface area contributed by atoms with Gasteiger partial charge >= 0.3 is 5.97 Å². The normalized spacial score (nSPS) is 16.5. The molecule has 3 aromatic heterocycles. The average molecular weight is 700 g/mol. The first-order chi connectivity index (χ1) is 23.8. The number of aryl methyl sites for hydroxylation is 2. The predicted molar refractivity (Wildman–Crippen MR) is 192 cm³/mol. The highest BCUT2D eigenvalue weighted by Gasteiger charge is 2.36. The molecule has 0 radical (unpaired) electrons. The maximum atomic E-state index is 12.9. The van der Waals surface area contributed by atoms with Gasteiger partial charge in [0.25, 0.3) is 5.56 Å². The van der Waals surface area contributed by atoms with Crippen LogP contribution in [0.4, 0.5) is 11.5 Å². The molecule has 1 fully saturated rings. The molecule has 1 N–H and O–H groups in total. The van der Waals surface area contributed by atoms with Gasteiger partial charge in [-0.05, 0) is 69.5 Å². The van der Waals surface area contributed by atoms with E-state index in [9.17, 15) is 9.59 Å². The molecule has 10 nitrogen and oxygen atoms in total. The number of rotatable bonds is 8. The molecule has 7 rings (SSSR count). The Morgan fingerprint density at radius 3 is 2.51 bits per heavy atom. The fourth-order valence-electron chi connectivity index (χ4n) is 7.12. The molecule has 2 aliphatic rings. The van der Waals surface area contributed by atoms with Crippen molar-refractivity contribution in [1.29, 1.82) is 0 Å². The molecule has 5 aromatic rings. The third-order valence-electron chi connectivity index (χ3n) is 9.59. The minimum absolute atomic E-state index is 0.0413. The van der Waals surface area contributed by atoms with Crippen LogP contribution in [0.25, 0.3) is 33.2 Å². The molecular formula is C37H36Cl2N6O4. The number of carbonyl (C=O) groups is 1. The molecule has 0 bridgehead atoms. The fraction of sp³-hybridized carbons (Fsp3) is 0.324. The number of aromatic nitrogens is 4. The molecule has 0 saturated carbocycles. The average Bonchev–Trinajstić information content (AvgIpc) is 3.55. The van der Waals surface area contributed by atoms with Crippen molar-refractivity contribution in [2.45, 2.75) is 38.6 Å². The SMILES string of the molecule is CCOC(=O)C1CCN([C@H]2CCc3cc(-c4cccc(-c5cccc(Nc6nccc7cnn(C)c(=O)c67)c5Cl)c4Cl)nc(OC)c32)CC1. The van der Waals surface area contributed by atoms with Gasteiger partial charge in [0.1, 0.15) is 5.82 Å². The molecule has 1 aliphatic carbocycles. The molecule has 1 aliphatic heterocycles. The molecule has 4 heterocycles. The van der Waals surface area contributed by atoms with Crippen LogP contribution in [0.3, 0.4) is 0 Å². The molecule has 0 unspecified atom stereocenters. The number of anilines is 2. The van der Waals surface area contributed by atoms with Crippen LogP contribution in [0.1, 0.15) is 43.4 Å². The second-order valence-electron chi connectivity index (χ2n) is 12.4. The summed E-state index contributed by atoms with van der Waals surface area (Å²) in [5.74, 6) is 0.848. The van der Waals surface area contributed by atoms with Gasteiger partial charge in [-0.1, -0.05) is 53.5 Å². The maximum absolute atomic E-state index is 12.9. The van der Waals surface area contributed by atoms with Crippen molar-refractivity contribution in [3.05, 3.63) is 92.5 Å². The van der Waals surface area contributed by atoms with E-state index in [0.717, 1.165) is 61.2 Å². The standard InChI is InChI=1S/C37H36Cl2N6O4/c1-4-49-37(47)21-14-17-45(18-15-21)29-12-11-22-19-28(43-35(48-3)30(22)29)26-9-5-7-24(32(26)38)25-8-6-10-27(33(25)39)42-34-31-23(13-16-40-34)20-41-44(2)36(31)46/h5-10,13,16,19-21,29H,4,11-12,14-15,17-18H2,1-3H3,(H,40,42)/t29-/m0/s1. The first-order valence-corrected chi connectivity index (χ1v) is 17.2. The van der Waals surface area contributed by atoms with Crippen LogP contribution in [-0.2, 0) is 23.0 Å². The number of nitrogens with one attached hydrogen (secondary N) is 1. The molecule has 12 heteroatoms. The van der Waals surface area contributed by atoms with Gasteiger partial charge in [-0.25, -0.2) is 14.6 Å². The minimum atomic E-state index is -0.265. The van der Waals surface area contributed by atoms with Gasteiger partial charge in [-0.2, -0.15) is 5.10 Å². The number of nitrogens with zero attached hydrogens (tertiary/aromatic N) is 5. The number of piperidine rings is 1. The van der Waals surface area contributed by atoms with E-state index in [2.05, 4.69) is 26.4 Å². The van der Waals surface area contributed by atoms with Gasteiger partial charge in [0, 0.05) is 46.9 Å². The molecule has 2 aromatic carbocycles. The predicted octanol–water partition coefficient (Wildman–Crippen LogP) is 7.38. The van der Waals surface area contributed by atoms with E-state index in [-0.39, 0.29) is 23.5 Å². The fourth-order valence-corrected chi connectivity index (χ4v) is 7.72. The number of likely N-dealkylation sites (tertiary alicyclic amines) is 1. The van der Waals surface area contributed by atoms with E-state index < -0.39 is 0 Å². The van der Waals surface area contributed by atoms with Crippen molar-refractivity contribution >= 4 is 51.4 Å². The third kappa shape index (κ3) is 6.13. The summed E-state index contributed by atoms with van der Waals surface area (Å²) in [4.78, 5) is 37.1. The topological polar surface area (TPSA) is 111 Å². The summed E-state index contributed by atoms with van der Waals surface area (Å²) in [5.41, 5.74) is 5.55. The summed E-state index contributed by atoms with van der Waals surface area (Å²) >= 11 is 14.2. The molecule has 1 atom stereocenters. The molecule has 1 saturated heterocycles. The molecule has 0 spiro atoms. The van der Waals surface area contributed by atoms with Crippen LogP contribution in [0.15, 0.2) is 65.7 Å². The van der Waals surface area contributed by atoms with Crippen LogP contribution in [0.5, 0.6) is 5.88 Å². The Hall–Kier alpha value is -4.51. The number of fused-ring (bicyclic) bond motifs is 2. The first-order valence-electron chi connectivity index (χ1n) is 16.4. The lowest BCUT2D eigenvalue weighted by atomic mass is 9.94. The molecule has 49 heavy (non-hydrogen) atoms. The summed E-state index contributed by atoms with van der Waals surface area (Å²) in [6, 6.07) is 15.5. The maximum Gasteiger partial charge on any atom is 0.309 e. The summed E-state index contributed by atoms with van der Waals surface area (Å²) in [6.07, 6.45) is 6.67. The van der Waals surface area contributed by atoms with E-state index in [4.69, 9.17) is 37.7 Å². The van der Waals surface area contributed by atoms with E-state index in [1.807, 2.05) is 43.3 Å². The van der Waals surface area contributed by atoms with Crippen molar-refractivity contribution in [3.63, 3.8) is 0 Å². The number of halogens is 2. The highest BCUT2D eigenvalue weighted by atomic mass is 35.5. The summed E-state index contributed by atoms with van der Waals surface area (Å²) < 4.78 is 12.5. The van der Waals surface area contributed by atoms with Crippen molar-refractivity contribution in [1.82, 2.24) is 24.6 Å². The first kappa shape index (κ1) is 33.0. The lowest BCUT2D eigenvalue weighted by molar-refractivity contribution is -0.149. The zero-order valence-corrected chi connectivity index (χ0v) is 29.0. The lowest BCUT2D eigenvalue weighted by Crippen LogP contribution is -2.38. The Labute approximate surface area is 294 Å². The summed E-state index contributed by atoms with van der Waals surface area (Å²) in [6.45, 7) is 3.91. The van der Waals surface area contributed by atoms with Crippen LogP contribution in [-0.4, -0.2) is 57.4 Å². The van der Waals surface area contributed by atoms with E-state index in [0.29, 0.717) is 50.4 Å². The van der Waals surface area contributed by atoms with Crippen molar-refractivity contribution in [3.8, 4) is 28.3 Å². The number of hydrogen-bond donors (Lipinski definition) is 1. The smallest absolute Gasteiger partial charge is 0.309 e. The number of pyridine rings is 2. The number of methoxy groups -OCH3 is 1. The van der Waals surface area contributed by atoms with Crippen molar-refractivity contribution < 1.29 is 14.3 Å². The van der Waals surface area contributed by atoms with Gasteiger partial charge in [-0.15, -0.1) is 0 Å². The second-order valence-corrected chi connectivity index (χ2v) is 13.1. The van der Waals surface area contributed by atoms with Crippen LogP contribution >= 0.6 is 23.2 Å². The molecule has 0 amide bonds. The Morgan fingerprint density at radius 2 is 1.76 bits per heavy atom. The third-order valence-corrected chi connectivity index (χ3v) is 10.4. The second kappa shape index (κ2) is 13.8. The Kier molecular flexibility index (Phi) is 9.28. The highest BCUT2D eigenvalue weighted by molar-refractivity contribution is 6.39. The number of ether oxygens (including phenoxy) is 2. The van der Waals surface area contributed by atoms with Crippen LogP contribution in [0, 0.1) is 5.92 Å². The number of benzene rings is 2. The Bertz CT molecular complexity index is 2130. The van der Waals surface area contributed by atoms with Gasteiger partial charge in [0.2, 0.25) is 5.88 Å². The largest absolute Gasteiger partial charge is 0.481 e. The van der Waals surface area contributed by atoms with Crippen molar-refractivity contribution in [2.24, 2.45) is 13.0 Å². The van der Waals surface area contributed by atoms with Crippen molar-refractivity contribution in [2.75, 3.05) is 32.1 Å². The van der Waals surface area contributed by atoms with Gasteiger partial charge in [-0.3, -0.25) is 14.5 Å². The van der Waals surface area contributed by atoms with Crippen LogP contribution < -0.4 is 15.6 Å². The Balaban J connectivity index is 1.19. The Morgan fingerprint density at radius 1 is 1.02 bits per heavy atom. The summed E-state index contributed by atoms with van der Waals surface area (Å²) in [7, 11) is 3.26. The number of carbonyl (C=O) groups excluding carboxylic acids is 1. The number of esters is 1. The van der Waals surface area contributed by atoms with Gasteiger partial charge in [0.15, 0.2) is 0 Å². The lowest BCUT2D eigenvalue weighted by Gasteiger charge is -2.35. The van der Waals surface area contributed by atoms with Gasteiger partial charge in [0.05, 0.1) is 52.6 Å². The van der Waals surface area contributed by atoms with E-state index in [1.54, 1.807) is 32.6 Å². The zero-order valence-electron chi connectivity index (χ0n) is 27.5. The minimum Gasteiger partial charge on any atom is -0.481 e. The number of hydrogen-bond acceptors (Lipinski definition) is 9. The van der Waals surface area contributed by atoms with E-state index in [1.165, 1.54) is 10.2 Å². The quantitative estimate of drug-likeness (QED) is 0.166. The van der Waals surface area contributed by atoms with Gasteiger partial charge < -0.3 is 14.8 Å². The molecule has 252 valence electrons. The zero-order chi connectivity index (χ0) is 34.2. The molecular weight excluding hydrogens is 663 g/mol. The summed E-state index contributed by atoms with van der Waals surface area (Å²) in [5, 5.41) is 9.41. The monoisotopic (exact) mass is 698 g/mol.